The summed E-state index contributed by atoms with van der Waals surface area (Å²) in [6, 6.07) is 19.1. The van der Waals surface area contributed by atoms with Gasteiger partial charge in [-0.3, -0.25) is 14.3 Å². The molecule has 5 rings (SSSR count). The number of aromatic nitrogens is 2. The van der Waals surface area contributed by atoms with Crippen molar-refractivity contribution >= 4 is 28.5 Å². The molecule has 7 heteroatoms. The highest BCUT2D eigenvalue weighted by molar-refractivity contribution is 6.09. The molecular weight excluding hydrogens is 452 g/mol. The highest BCUT2D eigenvalue weighted by Crippen LogP contribution is 2.35. The van der Waals surface area contributed by atoms with E-state index in [9.17, 15) is 9.59 Å². The van der Waals surface area contributed by atoms with Crippen LogP contribution in [0.4, 0.5) is 5.69 Å². The summed E-state index contributed by atoms with van der Waals surface area (Å²) in [6.45, 7) is 4.89. The number of hydrogen-bond acceptors (Lipinski definition) is 5. The summed E-state index contributed by atoms with van der Waals surface area (Å²) in [7, 11) is 0. The van der Waals surface area contributed by atoms with Crippen molar-refractivity contribution in [2.24, 2.45) is 11.7 Å². The Hall–Kier alpha value is -4.10. The Morgan fingerprint density at radius 3 is 2.72 bits per heavy atom. The van der Waals surface area contributed by atoms with Gasteiger partial charge in [-0.25, -0.2) is 0 Å². The van der Waals surface area contributed by atoms with Crippen molar-refractivity contribution in [2.75, 3.05) is 11.9 Å². The third-order valence-electron chi connectivity index (χ3n) is 6.49. The number of carbonyl (C=O) groups excluding carboxylic acids is 2. The summed E-state index contributed by atoms with van der Waals surface area (Å²) in [5.74, 6) is -0.0102. The third-order valence-corrected chi connectivity index (χ3v) is 6.49. The number of anilines is 1. The Morgan fingerprint density at radius 1 is 1.11 bits per heavy atom. The minimum Gasteiger partial charge on any atom is -0.423 e. The van der Waals surface area contributed by atoms with Gasteiger partial charge in [0.25, 0.3) is 5.91 Å². The number of benzene rings is 3. The van der Waals surface area contributed by atoms with Crippen LogP contribution in [0, 0.1) is 12.8 Å². The molecule has 1 fully saturated rings. The standard InChI is InChI=1S/C29H28N4O3/c1-2-36-28(34)15-22-7-3-4-9-26(22)32-29(35)23-13-24(21-8-5-6-20(12-21)16-30)25-17-31-33(27(25)14-23)18-19-10-11-19/h3-9,12-14,17,19H,1-2,10-11,15-16,18,30H2/p+1. The number of fused-ring (bicyclic) bond motifs is 1. The first-order chi connectivity index (χ1) is 17.6. The van der Waals surface area contributed by atoms with Gasteiger partial charge >= 0.3 is 5.97 Å². The van der Waals surface area contributed by atoms with Gasteiger partial charge in [-0.05, 0) is 65.3 Å². The Kier molecular flexibility index (Phi) is 6.73. The highest BCUT2D eigenvalue weighted by atomic mass is 16.5. The number of nitrogens with one attached hydrogen (secondary N) is 1. The average molecular weight is 482 g/mol. The lowest BCUT2D eigenvalue weighted by molar-refractivity contribution is -0.141. The number of ether oxygens (including phenoxy) is 1. The summed E-state index contributed by atoms with van der Waals surface area (Å²) in [6.07, 6.45) is 4.35. The van der Waals surface area contributed by atoms with E-state index in [0.29, 0.717) is 29.3 Å². The summed E-state index contributed by atoms with van der Waals surface area (Å²) >= 11 is 0. The molecule has 0 atom stereocenters. The number of nitrogens with two attached hydrogens (primary N) is 1. The Bertz CT molecular complexity index is 1420. The summed E-state index contributed by atoms with van der Waals surface area (Å²) in [4.78, 5) is 25.5. The zero-order valence-electron chi connectivity index (χ0n) is 20.1. The topological polar surface area (TPSA) is 99.2 Å². The van der Waals surface area contributed by atoms with Crippen LogP contribution in [0.5, 0.6) is 0 Å². The first kappa shape index (κ1) is 23.6. The van der Waals surface area contributed by atoms with Gasteiger partial charge in [0.15, 0.2) is 0 Å². The van der Waals surface area contributed by atoms with Crippen molar-refractivity contribution in [1.29, 1.82) is 0 Å². The van der Waals surface area contributed by atoms with Gasteiger partial charge in [0.05, 0.1) is 18.1 Å². The van der Waals surface area contributed by atoms with Crippen LogP contribution in [-0.2, 0) is 29.0 Å². The van der Waals surface area contributed by atoms with Crippen molar-refractivity contribution in [3.05, 3.63) is 90.5 Å². The smallest absolute Gasteiger partial charge is 0.313 e. The maximum absolute atomic E-state index is 13.5. The predicted molar refractivity (Wildman–Crippen MR) is 140 cm³/mol. The van der Waals surface area contributed by atoms with Gasteiger partial charge in [-0.1, -0.05) is 36.4 Å². The predicted octanol–water partition coefficient (Wildman–Crippen LogP) is 4.74. The minimum atomic E-state index is -0.390. The third kappa shape index (κ3) is 5.11. The lowest BCUT2D eigenvalue weighted by Gasteiger charge is -2.13. The monoisotopic (exact) mass is 481 g/mol. The Balaban J connectivity index is 1.53. The second kappa shape index (κ2) is 10.3. The maximum atomic E-state index is 13.5. The molecule has 0 saturated heterocycles. The Labute approximate surface area is 210 Å². The molecule has 1 heterocycles. The van der Waals surface area contributed by atoms with Crippen molar-refractivity contribution in [2.45, 2.75) is 32.4 Å². The van der Waals surface area contributed by atoms with Gasteiger partial charge in [0.1, 0.15) is 6.92 Å². The van der Waals surface area contributed by atoms with Gasteiger partial charge in [0, 0.05) is 29.7 Å². The lowest BCUT2D eigenvalue weighted by atomic mass is 9.97. The molecular formula is C29H29N4O3+. The van der Waals surface area contributed by atoms with Crippen LogP contribution in [0.2, 0.25) is 0 Å². The summed E-state index contributed by atoms with van der Waals surface area (Å²) in [5.41, 5.74) is 11.5. The molecule has 0 bridgehead atoms. The van der Waals surface area contributed by atoms with Gasteiger partial charge in [-0.15, -0.1) is 0 Å². The minimum absolute atomic E-state index is 0.0519. The van der Waals surface area contributed by atoms with E-state index in [1.807, 2.05) is 53.3 Å². The van der Waals surface area contributed by atoms with Crippen LogP contribution in [-0.4, -0.2) is 28.3 Å². The molecule has 182 valence electrons. The van der Waals surface area contributed by atoms with Crippen LogP contribution in [0.3, 0.4) is 0 Å². The average Bonchev–Trinajstić information content (AvgIpc) is 3.62. The first-order valence-corrected chi connectivity index (χ1v) is 12.2. The van der Waals surface area contributed by atoms with Gasteiger partial charge in [-0.2, -0.15) is 5.10 Å². The maximum Gasteiger partial charge on any atom is 0.313 e. The van der Waals surface area contributed by atoms with Crippen LogP contribution in [0.25, 0.3) is 22.0 Å². The molecule has 7 nitrogen and oxygen atoms in total. The molecule has 1 aromatic heterocycles. The highest BCUT2D eigenvalue weighted by Gasteiger charge is 2.24. The van der Waals surface area contributed by atoms with Gasteiger partial charge in [0.2, 0.25) is 6.61 Å². The number of carbonyl (C=O) groups is 2. The molecule has 1 aliphatic carbocycles. The number of amides is 1. The molecule has 0 spiro atoms. The van der Waals surface area contributed by atoms with E-state index in [2.05, 4.69) is 23.4 Å². The van der Waals surface area contributed by atoms with E-state index < -0.39 is 0 Å². The molecule has 0 unspecified atom stereocenters. The van der Waals surface area contributed by atoms with E-state index in [4.69, 9.17) is 10.5 Å². The largest absolute Gasteiger partial charge is 0.423 e. The van der Waals surface area contributed by atoms with Crippen molar-refractivity contribution in [1.82, 2.24) is 9.78 Å². The second-order valence-corrected chi connectivity index (χ2v) is 9.14. The van der Waals surface area contributed by atoms with E-state index >= 15 is 0 Å². The van der Waals surface area contributed by atoms with Crippen LogP contribution >= 0.6 is 0 Å². The molecule has 1 amide bonds. The molecule has 0 aliphatic heterocycles. The van der Waals surface area contributed by atoms with E-state index in [-0.39, 0.29) is 24.9 Å². The second-order valence-electron chi connectivity index (χ2n) is 9.14. The van der Waals surface area contributed by atoms with E-state index in [1.165, 1.54) is 12.8 Å². The Morgan fingerprint density at radius 2 is 1.94 bits per heavy atom. The van der Waals surface area contributed by atoms with Crippen LogP contribution in [0.15, 0.2) is 66.9 Å². The fraction of sp³-hybridized carbons (Fsp3) is 0.241. The van der Waals surface area contributed by atoms with Crippen LogP contribution < -0.4 is 11.1 Å². The van der Waals surface area contributed by atoms with Crippen LogP contribution in [0.1, 0.15) is 34.3 Å². The quantitative estimate of drug-likeness (QED) is 0.266. The fourth-order valence-corrected chi connectivity index (χ4v) is 4.41. The number of hydrogen-bond donors (Lipinski definition) is 2. The lowest BCUT2D eigenvalue weighted by Crippen LogP contribution is -2.15. The molecule has 1 aliphatic rings. The zero-order chi connectivity index (χ0) is 25.1. The van der Waals surface area contributed by atoms with Crippen molar-refractivity contribution in [3.63, 3.8) is 0 Å². The molecule has 0 radical (unpaired) electrons. The van der Waals surface area contributed by atoms with E-state index in [0.717, 1.165) is 34.1 Å². The fourth-order valence-electron chi connectivity index (χ4n) is 4.41. The van der Waals surface area contributed by atoms with Gasteiger partial charge < -0.3 is 15.8 Å². The molecule has 3 aromatic carbocycles. The number of rotatable bonds is 9. The molecule has 36 heavy (non-hydrogen) atoms. The molecule has 4 aromatic rings. The SMILES string of the molecule is [CH2+]COC(=O)Cc1ccccc1NC(=O)c1cc(-c2cccc(CN)c2)c2cnn(CC3CC3)c2c1. The normalized spacial score (nSPS) is 13.0. The first-order valence-electron chi connectivity index (χ1n) is 12.2. The van der Waals surface area contributed by atoms with Crippen molar-refractivity contribution < 1.29 is 14.3 Å². The summed E-state index contributed by atoms with van der Waals surface area (Å²) in [5, 5.41) is 8.65. The van der Waals surface area contributed by atoms with Crippen molar-refractivity contribution in [3.8, 4) is 11.1 Å². The molecule has 3 N–H and O–H groups in total. The zero-order valence-corrected chi connectivity index (χ0v) is 20.1. The summed E-state index contributed by atoms with van der Waals surface area (Å²) < 4.78 is 6.98. The number of nitrogens with zero attached hydrogens (tertiary/aromatic N) is 2. The number of para-hydroxylation sites is 1. The molecule has 1 saturated carbocycles. The van der Waals surface area contributed by atoms with E-state index in [1.54, 1.807) is 12.1 Å². The number of esters is 1.